The monoisotopic (exact) mass is 298 g/mol. The highest BCUT2D eigenvalue weighted by molar-refractivity contribution is 6.26. The first kappa shape index (κ1) is 16.7. The van der Waals surface area contributed by atoms with Crippen LogP contribution < -0.4 is 0 Å². The molecule has 2 rings (SSSR count). The molecule has 1 aromatic carbocycles. The molecule has 22 heavy (non-hydrogen) atoms. The van der Waals surface area contributed by atoms with Gasteiger partial charge in [-0.2, -0.15) is 0 Å². The maximum absolute atomic E-state index is 12.7. The zero-order chi connectivity index (χ0) is 15.8. The first-order chi connectivity index (χ1) is 10.7. The largest absolute Gasteiger partial charge is 0.294 e. The summed E-state index contributed by atoms with van der Waals surface area (Å²) in [5.74, 6) is 0.301. The molecule has 1 aromatic rings. The van der Waals surface area contributed by atoms with E-state index in [0.717, 1.165) is 25.7 Å². The van der Waals surface area contributed by atoms with Gasteiger partial charge in [-0.05, 0) is 25.2 Å². The number of carbonyl (C=O) groups excluding carboxylic acids is 2. The van der Waals surface area contributed by atoms with Gasteiger partial charge in [0.2, 0.25) is 0 Å². The second-order valence-electron chi connectivity index (χ2n) is 6.20. The first-order valence-corrected chi connectivity index (χ1v) is 8.57. The molecule has 0 amide bonds. The van der Waals surface area contributed by atoms with Crippen LogP contribution in [-0.2, 0) is 4.79 Å². The summed E-state index contributed by atoms with van der Waals surface area (Å²) < 4.78 is 0. The van der Waals surface area contributed by atoms with Gasteiger partial charge in [0.1, 0.15) is 0 Å². The average Bonchev–Trinajstić information content (AvgIpc) is 2.58. The van der Waals surface area contributed by atoms with Crippen molar-refractivity contribution in [3.8, 4) is 0 Å². The van der Waals surface area contributed by atoms with Crippen molar-refractivity contribution in [3.05, 3.63) is 47.5 Å². The Bertz CT molecular complexity index is 522. The molecule has 0 atom stereocenters. The Labute approximate surface area is 133 Å². The Hall–Kier alpha value is -1.70. The zero-order valence-electron chi connectivity index (χ0n) is 13.5. The number of ketones is 2. The van der Waals surface area contributed by atoms with Crippen LogP contribution in [0.1, 0.15) is 68.6 Å². The van der Waals surface area contributed by atoms with Crippen LogP contribution >= 0.6 is 0 Å². The SMILES string of the molecule is CCCCC(=O)/C(=C/C1CCCCC1)C(=O)c1ccccc1. The summed E-state index contributed by atoms with van der Waals surface area (Å²) in [7, 11) is 0. The molecule has 0 heterocycles. The highest BCUT2D eigenvalue weighted by Gasteiger charge is 2.22. The molecule has 0 N–H and O–H groups in total. The number of rotatable bonds is 7. The van der Waals surface area contributed by atoms with Gasteiger partial charge in [0, 0.05) is 12.0 Å². The van der Waals surface area contributed by atoms with Crippen molar-refractivity contribution in [3.63, 3.8) is 0 Å². The summed E-state index contributed by atoms with van der Waals surface area (Å²) in [6.07, 6.45) is 10.2. The molecule has 0 radical (unpaired) electrons. The molecule has 1 aliphatic carbocycles. The van der Waals surface area contributed by atoms with Crippen LogP contribution in [0.4, 0.5) is 0 Å². The fourth-order valence-corrected chi connectivity index (χ4v) is 3.05. The number of hydrogen-bond acceptors (Lipinski definition) is 2. The van der Waals surface area contributed by atoms with E-state index in [-0.39, 0.29) is 11.6 Å². The average molecular weight is 298 g/mol. The summed E-state index contributed by atoms with van der Waals surface area (Å²) in [4.78, 5) is 25.2. The Kier molecular flexibility index (Phi) is 6.57. The minimum atomic E-state index is -0.104. The summed E-state index contributed by atoms with van der Waals surface area (Å²) in [5.41, 5.74) is 1.04. The van der Waals surface area contributed by atoms with E-state index in [4.69, 9.17) is 0 Å². The lowest BCUT2D eigenvalue weighted by Crippen LogP contribution is -2.16. The summed E-state index contributed by atoms with van der Waals surface area (Å²) >= 11 is 0. The molecular weight excluding hydrogens is 272 g/mol. The molecule has 1 saturated carbocycles. The van der Waals surface area contributed by atoms with E-state index >= 15 is 0 Å². The van der Waals surface area contributed by atoms with Gasteiger partial charge in [-0.1, -0.05) is 69.0 Å². The molecule has 0 unspecified atom stereocenters. The summed E-state index contributed by atoms with van der Waals surface area (Å²) in [6.45, 7) is 2.07. The van der Waals surface area contributed by atoms with Gasteiger partial charge in [-0.3, -0.25) is 9.59 Å². The lowest BCUT2D eigenvalue weighted by Gasteiger charge is -2.19. The predicted octanol–water partition coefficient (Wildman–Crippen LogP) is 5.14. The summed E-state index contributed by atoms with van der Waals surface area (Å²) in [5, 5.41) is 0. The first-order valence-electron chi connectivity index (χ1n) is 8.57. The van der Waals surface area contributed by atoms with Crippen LogP contribution in [0.5, 0.6) is 0 Å². The number of allylic oxidation sites excluding steroid dienone is 2. The molecule has 0 spiro atoms. The molecule has 0 saturated heterocycles. The minimum absolute atomic E-state index is 0.0151. The normalized spacial score (nSPS) is 16.5. The number of benzene rings is 1. The van der Waals surface area contributed by atoms with Gasteiger partial charge in [0.05, 0.1) is 5.57 Å². The topological polar surface area (TPSA) is 34.1 Å². The Morgan fingerprint density at radius 2 is 1.77 bits per heavy atom. The second-order valence-corrected chi connectivity index (χ2v) is 6.20. The van der Waals surface area contributed by atoms with E-state index < -0.39 is 0 Å². The quantitative estimate of drug-likeness (QED) is 0.302. The third kappa shape index (κ3) is 4.66. The zero-order valence-corrected chi connectivity index (χ0v) is 13.5. The lowest BCUT2D eigenvalue weighted by atomic mass is 9.85. The van der Waals surface area contributed by atoms with Crippen molar-refractivity contribution in [1.82, 2.24) is 0 Å². The van der Waals surface area contributed by atoms with Gasteiger partial charge < -0.3 is 0 Å². The van der Waals surface area contributed by atoms with Crippen LogP contribution in [0.2, 0.25) is 0 Å². The van der Waals surface area contributed by atoms with Crippen molar-refractivity contribution in [2.24, 2.45) is 5.92 Å². The summed E-state index contributed by atoms with van der Waals surface area (Å²) in [6, 6.07) is 9.18. The molecular formula is C20H26O2. The van der Waals surface area contributed by atoms with Crippen LogP contribution in [0.25, 0.3) is 0 Å². The Morgan fingerprint density at radius 1 is 1.09 bits per heavy atom. The van der Waals surface area contributed by atoms with Gasteiger partial charge in [0.25, 0.3) is 0 Å². The Balaban J connectivity index is 2.22. The van der Waals surface area contributed by atoms with E-state index in [9.17, 15) is 9.59 Å². The number of unbranched alkanes of at least 4 members (excludes halogenated alkanes) is 1. The Morgan fingerprint density at radius 3 is 2.41 bits per heavy atom. The fraction of sp³-hybridized carbons (Fsp3) is 0.500. The fourth-order valence-electron chi connectivity index (χ4n) is 3.05. The maximum Gasteiger partial charge on any atom is 0.196 e. The predicted molar refractivity (Wildman–Crippen MR) is 90.0 cm³/mol. The molecule has 1 aliphatic rings. The van der Waals surface area contributed by atoms with Crippen molar-refractivity contribution in [1.29, 1.82) is 0 Å². The molecule has 118 valence electrons. The number of Topliss-reactive ketones (excluding diaryl/α,β-unsaturated/α-hetero) is 2. The third-order valence-corrected chi connectivity index (χ3v) is 4.39. The van der Waals surface area contributed by atoms with Gasteiger partial charge in [-0.25, -0.2) is 0 Å². The third-order valence-electron chi connectivity index (χ3n) is 4.39. The van der Waals surface area contributed by atoms with E-state index in [1.807, 2.05) is 24.3 Å². The second kappa shape index (κ2) is 8.67. The van der Waals surface area contributed by atoms with Crippen LogP contribution in [-0.4, -0.2) is 11.6 Å². The molecule has 1 fully saturated rings. The molecule has 0 aliphatic heterocycles. The van der Waals surface area contributed by atoms with Crippen molar-refractivity contribution in [2.45, 2.75) is 58.3 Å². The van der Waals surface area contributed by atoms with Crippen LogP contribution in [0, 0.1) is 5.92 Å². The van der Waals surface area contributed by atoms with Gasteiger partial charge >= 0.3 is 0 Å². The van der Waals surface area contributed by atoms with Gasteiger partial charge in [0.15, 0.2) is 11.6 Å². The van der Waals surface area contributed by atoms with Crippen molar-refractivity contribution >= 4 is 11.6 Å². The minimum Gasteiger partial charge on any atom is -0.294 e. The highest BCUT2D eigenvalue weighted by Crippen LogP contribution is 2.27. The van der Waals surface area contributed by atoms with Crippen molar-refractivity contribution in [2.75, 3.05) is 0 Å². The smallest absolute Gasteiger partial charge is 0.196 e. The van der Waals surface area contributed by atoms with Crippen molar-refractivity contribution < 1.29 is 9.59 Å². The van der Waals surface area contributed by atoms with Gasteiger partial charge in [-0.15, -0.1) is 0 Å². The van der Waals surface area contributed by atoms with E-state index in [2.05, 4.69) is 6.92 Å². The van der Waals surface area contributed by atoms with E-state index in [1.54, 1.807) is 12.1 Å². The molecule has 0 aromatic heterocycles. The van der Waals surface area contributed by atoms with E-state index in [1.165, 1.54) is 19.3 Å². The van der Waals surface area contributed by atoms with E-state index in [0.29, 0.717) is 23.5 Å². The number of carbonyl (C=O) groups is 2. The lowest BCUT2D eigenvalue weighted by molar-refractivity contribution is -0.115. The van der Waals surface area contributed by atoms with Crippen LogP contribution in [0.3, 0.4) is 0 Å². The molecule has 2 heteroatoms. The molecule has 0 bridgehead atoms. The number of hydrogen-bond donors (Lipinski definition) is 0. The standard InChI is InChI=1S/C20H26O2/c1-2-3-14-19(21)18(15-16-10-6-4-7-11-16)20(22)17-12-8-5-9-13-17/h5,8-9,12-13,15-16H,2-4,6-7,10-11,14H2,1H3/b18-15-. The highest BCUT2D eigenvalue weighted by atomic mass is 16.1. The molecule has 2 nitrogen and oxygen atoms in total. The van der Waals surface area contributed by atoms with Crippen LogP contribution in [0.15, 0.2) is 42.0 Å². The maximum atomic E-state index is 12.7.